The van der Waals surface area contributed by atoms with E-state index in [9.17, 15) is 0 Å². The summed E-state index contributed by atoms with van der Waals surface area (Å²) in [4.78, 5) is 0. The maximum absolute atomic E-state index is 6.14. The molecule has 0 radical (unpaired) electrons. The van der Waals surface area contributed by atoms with Crippen molar-refractivity contribution in [3.63, 3.8) is 0 Å². The Morgan fingerprint density at radius 2 is 1.94 bits per heavy atom. The summed E-state index contributed by atoms with van der Waals surface area (Å²) in [6.07, 6.45) is 3.20. The van der Waals surface area contributed by atoms with Crippen LogP contribution < -0.4 is 10.5 Å². The van der Waals surface area contributed by atoms with E-state index in [1.54, 1.807) is 0 Å². The van der Waals surface area contributed by atoms with Crippen molar-refractivity contribution in [3.05, 3.63) is 29.3 Å². The zero-order valence-electron chi connectivity index (χ0n) is 11.5. The van der Waals surface area contributed by atoms with Crippen molar-refractivity contribution < 1.29 is 4.74 Å². The van der Waals surface area contributed by atoms with Gasteiger partial charge in [-0.25, -0.2) is 0 Å². The summed E-state index contributed by atoms with van der Waals surface area (Å²) in [5.41, 5.74) is 8.59. The van der Waals surface area contributed by atoms with Crippen molar-refractivity contribution in [1.29, 1.82) is 0 Å². The largest absolute Gasteiger partial charge is 0.489 e. The third-order valence-corrected chi connectivity index (χ3v) is 3.11. The minimum absolute atomic E-state index is 0.122. The molecule has 0 amide bonds. The van der Waals surface area contributed by atoms with Gasteiger partial charge in [0.15, 0.2) is 0 Å². The molecule has 0 saturated carbocycles. The summed E-state index contributed by atoms with van der Waals surface area (Å²) in [7, 11) is 0. The number of aryl methyl sites for hydroxylation is 2. The highest BCUT2D eigenvalue weighted by Gasteiger charge is 2.17. The summed E-state index contributed by atoms with van der Waals surface area (Å²) >= 11 is 0. The molecule has 2 atom stereocenters. The molecule has 0 aliphatic carbocycles. The van der Waals surface area contributed by atoms with Gasteiger partial charge in [0.2, 0.25) is 0 Å². The van der Waals surface area contributed by atoms with Gasteiger partial charge >= 0.3 is 0 Å². The SMILES string of the molecule is CCCC(N)C(CC)Oc1ccc(C)cc1C. The van der Waals surface area contributed by atoms with Crippen molar-refractivity contribution in [2.45, 2.75) is 59.1 Å². The molecule has 0 fully saturated rings. The molecular formula is C15H25NO. The molecule has 0 aliphatic rings. The highest BCUT2D eigenvalue weighted by Crippen LogP contribution is 2.22. The minimum Gasteiger partial charge on any atom is -0.489 e. The highest BCUT2D eigenvalue weighted by atomic mass is 16.5. The summed E-state index contributed by atoms with van der Waals surface area (Å²) in [5, 5.41) is 0. The molecule has 1 aromatic rings. The van der Waals surface area contributed by atoms with Crippen LogP contribution in [0.3, 0.4) is 0 Å². The average molecular weight is 235 g/mol. The van der Waals surface area contributed by atoms with Crippen molar-refractivity contribution in [2.75, 3.05) is 0 Å². The molecule has 0 heterocycles. The Morgan fingerprint density at radius 1 is 1.24 bits per heavy atom. The maximum Gasteiger partial charge on any atom is 0.122 e. The lowest BCUT2D eigenvalue weighted by molar-refractivity contribution is 0.160. The van der Waals surface area contributed by atoms with Gasteiger partial charge in [-0.15, -0.1) is 0 Å². The van der Waals surface area contributed by atoms with Crippen LogP contribution >= 0.6 is 0 Å². The molecule has 2 unspecified atom stereocenters. The van der Waals surface area contributed by atoms with Crippen LogP contribution in [0.25, 0.3) is 0 Å². The lowest BCUT2D eigenvalue weighted by Gasteiger charge is -2.24. The zero-order valence-corrected chi connectivity index (χ0v) is 11.5. The van der Waals surface area contributed by atoms with Crippen LogP contribution in [0.5, 0.6) is 5.75 Å². The number of ether oxygens (including phenoxy) is 1. The predicted octanol–water partition coefficient (Wildman–Crippen LogP) is 3.59. The van der Waals surface area contributed by atoms with Gasteiger partial charge in [-0.05, 0) is 38.3 Å². The van der Waals surface area contributed by atoms with E-state index in [-0.39, 0.29) is 12.1 Å². The van der Waals surface area contributed by atoms with E-state index in [1.807, 2.05) is 6.07 Å². The van der Waals surface area contributed by atoms with E-state index < -0.39 is 0 Å². The predicted molar refractivity (Wildman–Crippen MR) is 73.5 cm³/mol. The summed E-state index contributed by atoms with van der Waals surface area (Å²) < 4.78 is 6.04. The Kier molecular flexibility index (Phi) is 5.49. The van der Waals surface area contributed by atoms with Crippen molar-refractivity contribution in [2.24, 2.45) is 5.73 Å². The topological polar surface area (TPSA) is 35.2 Å². The maximum atomic E-state index is 6.14. The average Bonchev–Trinajstić information content (AvgIpc) is 2.28. The quantitative estimate of drug-likeness (QED) is 0.818. The molecule has 0 bridgehead atoms. The lowest BCUT2D eigenvalue weighted by atomic mass is 10.0. The Balaban J connectivity index is 2.73. The molecule has 1 rings (SSSR count). The first-order valence-electron chi connectivity index (χ1n) is 6.58. The van der Waals surface area contributed by atoms with Gasteiger partial charge in [-0.2, -0.15) is 0 Å². The molecule has 0 aliphatic heterocycles. The second-order valence-electron chi connectivity index (χ2n) is 4.79. The van der Waals surface area contributed by atoms with Crippen molar-refractivity contribution >= 4 is 0 Å². The van der Waals surface area contributed by atoms with Crippen LogP contribution in [0.1, 0.15) is 44.2 Å². The number of hydrogen-bond donors (Lipinski definition) is 1. The Bertz CT molecular complexity index is 349. The van der Waals surface area contributed by atoms with Gasteiger partial charge in [0.05, 0.1) is 0 Å². The Morgan fingerprint density at radius 3 is 2.47 bits per heavy atom. The summed E-state index contributed by atoms with van der Waals surface area (Å²) in [6.45, 7) is 8.46. The zero-order chi connectivity index (χ0) is 12.8. The van der Waals surface area contributed by atoms with Crippen LogP contribution in [0.4, 0.5) is 0 Å². The monoisotopic (exact) mass is 235 g/mol. The fourth-order valence-electron chi connectivity index (χ4n) is 2.09. The molecule has 2 N–H and O–H groups in total. The summed E-state index contributed by atoms with van der Waals surface area (Å²) in [6, 6.07) is 6.41. The third-order valence-electron chi connectivity index (χ3n) is 3.11. The first-order chi connectivity index (χ1) is 8.08. The number of rotatable bonds is 6. The second kappa shape index (κ2) is 6.65. The fourth-order valence-corrected chi connectivity index (χ4v) is 2.09. The highest BCUT2D eigenvalue weighted by molar-refractivity contribution is 5.35. The van der Waals surface area contributed by atoms with Gasteiger partial charge in [-0.1, -0.05) is 38.0 Å². The van der Waals surface area contributed by atoms with Crippen LogP contribution in [-0.4, -0.2) is 12.1 Å². The Labute approximate surface area is 105 Å². The minimum atomic E-state index is 0.122. The Hall–Kier alpha value is -1.02. The van der Waals surface area contributed by atoms with Gasteiger partial charge in [0.25, 0.3) is 0 Å². The second-order valence-corrected chi connectivity index (χ2v) is 4.79. The van der Waals surface area contributed by atoms with Crippen LogP contribution in [-0.2, 0) is 0 Å². The first-order valence-corrected chi connectivity index (χ1v) is 6.58. The molecule has 2 nitrogen and oxygen atoms in total. The van der Waals surface area contributed by atoms with Crippen LogP contribution in [0, 0.1) is 13.8 Å². The molecule has 0 aromatic heterocycles. The van der Waals surface area contributed by atoms with E-state index in [1.165, 1.54) is 11.1 Å². The summed E-state index contributed by atoms with van der Waals surface area (Å²) in [5.74, 6) is 0.967. The van der Waals surface area contributed by atoms with Gasteiger partial charge in [-0.3, -0.25) is 0 Å². The van der Waals surface area contributed by atoms with E-state index in [0.717, 1.165) is 25.0 Å². The fraction of sp³-hybridized carbons (Fsp3) is 0.600. The molecule has 0 spiro atoms. The van der Waals surface area contributed by atoms with E-state index in [0.29, 0.717) is 0 Å². The van der Waals surface area contributed by atoms with Gasteiger partial charge < -0.3 is 10.5 Å². The molecule has 17 heavy (non-hydrogen) atoms. The van der Waals surface area contributed by atoms with Gasteiger partial charge in [0, 0.05) is 6.04 Å². The van der Waals surface area contributed by atoms with Crippen molar-refractivity contribution in [1.82, 2.24) is 0 Å². The van der Waals surface area contributed by atoms with Gasteiger partial charge in [0.1, 0.15) is 11.9 Å². The van der Waals surface area contributed by atoms with Crippen LogP contribution in [0.2, 0.25) is 0 Å². The number of benzene rings is 1. The standard InChI is InChI=1S/C15H25NO/c1-5-7-13(16)14(6-2)17-15-9-8-11(3)10-12(15)4/h8-10,13-14H,5-7,16H2,1-4H3. The smallest absolute Gasteiger partial charge is 0.122 e. The molecule has 2 heteroatoms. The number of nitrogens with two attached hydrogens (primary N) is 1. The van der Waals surface area contributed by atoms with Crippen LogP contribution in [0.15, 0.2) is 18.2 Å². The molecular weight excluding hydrogens is 210 g/mol. The van der Waals surface area contributed by atoms with Crippen molar-refractivity contribution in [3.8, 4) is 5.75 Å². The lowest BCUT2D eigenvalue weighted by Crippen LogP contribution is -2.38. The van der Waals surface area contributed by atoms with E-state index >= 15 is 0 Å². The van der Waals surface area contributed by atoms with E-state index in [2.05, 4.69) is 39.8 Å². The molecule has 0 saturated heterocycles. The van der Waals surface area contributed by atoms with E-state index in [4.69, 9.17) is 10.5 Å². The first kappa shape index (κ1) is 14.0. The normalized spacial score (nSPS) is 14.4. The molecule has 96 valence electrons. The third kappa shape index (κ3) is 4.04. The molecule has 1 aromatic carbocycles. The number of hydrogen-bond acceptors (Lipinski definition) is 2.